The maximum atomic E-state index is 10.4. The molecule has 0 bridgehead atoms. The minimum atomic E-state index is -2.02. The minimum Gasteiger partial charge on any atom is -0.772 e. The van der Waals surface area contributed by atoms with Crippen LogP contribution >= 0.6 is 0 Å². The molecule has 0 amide bonds. The van der Waals surface area contributed by atoms with Crippen LogP contribution in [-0.4, -0.2) is 82.9 Å². The van der Waals surface area contributed by atoms with Crippen LogP contribution in [0.1, 0.15) is 12.8 Å². The van der Waals surface area contributed by atoms with Crippen molar-refractivity contribution in [2.75, 3.05) is 33.2 Å². The number of aliphatic hydroxyl groups excluding tert-OH is 2. The first-order chi connectivity index (χ1) is 10.0. The van der Waals surface area contributed by atoms with Gasteiger partial charge in [-0.25, -0.2) is 0 Å². The Morgan fingerprint density at radius 2 is 1.86 bits per heavy atom. The van der Waals surface area contributed by atoms with Gasteiger partial charge >= 0.3 is 29.6 Å². The van der Waals surface area contributed by atoms with Crippen molar-refractivity contribution in [2.24, 2.45) is 0 Å². The van der Waals surface area contributed by atoms with Crippen molar-refractivity contribution >= 4 is 11.1 Å². The van der Waals surface area contributed by atoms with Crippen molar-refractivity contribution in [3.63, 3.8) is 0 Å². The number of hydrogen-bond acceptors (Lipinski definition) is 8. The first-order valence-corrected chi connectivity index (χ1v) is 7.96. The van der Waals surface area contributed by atoms with E-state index < -0.39 is 41.8 Å². The summed E-state index contributed by atoms with van der Waals surface area (Å²) < 4.78 is 41.7. The van der Waals surface area contributed by atoms with Gasteiger partial charge in [0.15, 0.2) is 6.29 Å². The summed E-state index contributed by atoms with van der Waals surface area (Å²) in [7, 11) is 2.78. The zero-order valence-corrected chi connectivity index (χ0v) is 16.0. The van der Waals surface area contributed by atoms with Crippen LogP contribution in [0, 0.1) is 0 Å². The van der Waals surface area contributed by atoms with Gasteiger partial charge in [-0.15, -0.1) is 0 Å². The van der Waals surface area contributed by atoms with E-state index in [0.717, 1.165) is 0 Å². The topological polar surface area (TPSA) is 118 Å². The van der Waals surface area contributed by atoms with E-state index in [1.165, 1.54) is 14.2 Å². The molecule has 1 aliphatic rings. The zero-order chi connectivity index (χ0) is 15.8. The largest absolute Gasteiger partial charge is 1.00 e. The van der Waals surface area contributed by atoms with Crippen LogP contribution in [0.2, 0.25) is 0 Å². The number of hydrogen-bond donors (Lipinski definition) is 2. The van der Waals surface area contributed by atoms with Gasteiger partial charge in [-0.3, -0.25) is 4.21 Å². The van der Waals surface area contributed by atoms with Gasteiger partial charge in [-0.2, -0.15) is 0 Å². The number of ether oxygens (including phenoxy) is 4. The Morgan fingerprint density at radius 1 is 1.18 bits per heavy atom. The Balaban J connectivity index is 0.00000441. The molecule has 0 radical (unpaired) electrons. The van der Waals surface area contributed by atoms with Crippen molar-refractivity contribution in [2.45, 2.75) is 43.5 Å². The smallest absolute Gasteiger partial charge is 0.772 e. The van der Waals surface area contributed by atoms with Gasteiger partial charge in [0, 0.05) is 26.6 Å². The third-order valence-electron chi connectivity index (χ3n) is 3.28. The van der Waals surface area contributed by atoms with Gasteiger partial charge in [0.2, 0.25) is 0 Å². The van der Waals surface area contributed by atoms with Crippen LogP contribution < -0.4 is 29.6 Å². The molecule has 0 aromatic heterocycles. The Morgan fingerprint density at radius 3 is 2.41 bits per heavy atom. The predicted octanol–water partition coefficient (Wildman–Crippen LogP) is -4.23. The molecule has 2 N–H and O–H groups in total. The molecule has 1 rings (SSSR count). The molecule has 0 aromatic rings. The van der Waals surface area contributed by atoms with Crippen LogP contribution in [-0.2, 0) is 30.0 Å². The fourth-order valence-corrected chi connectivity index (χ4v) is 2.59. The third kappa shape index (κ3) is 7.18. The molecule has 0 saturated carbocycles. The van der Waals surface area contributed by atoms with Crippen molar-refractivity contribution in [3.8, 4) is 0 Å². The monoisotopic (exact) mass is 350 g/mol. The molecule has 1 heterocycles. The van der Waals surface area contributed by atoms with Crippen LogP contribution in [0.4, 0.5) is 0 Å². The molecule has 0 aliphatic carbocycles. The maximum Gasteiger partial charge on any atom is 1.00 e. The quantitative estimate of drug-likeness (QED) is 0.244. The molecule has 1 saturated heterocycles. The van der Waals surface area contributed by atoms with E-state index in [9.17, 15) is 19.0 Å². The Bertz CT molecular complexity index is 322. The van der Waals surface area contributed by atoms with Crippen LogP contribution in [0.15, 0.2) is 0 Å². The molecule has 10 heteroatoms. The summed E-state index contributed by atoms with van der Waals surface area (Å²) >= 11 is -2.02. The van der Waals surface area contributed by atoms with Crippen LogP contribution in [0.25, 0.3) is 0 Å². The Hall–Kier alpha value is 0.870. The third-order valence-corrected chi connectivity index (χ3v) is 3.90. The van der Waals surface area contributed by atoms with E-state index >= 15 is 0 Å². The van der Waals surface area contributed by atoms with Crippen LogP contribution in [0.3, 0.4) is 0 Å². The van der Waals surface area contributed by atoms with E-state index in [-0.39, 0.29) is 41.9 Å². The summed E-state index contributed by atoms with van der Waals surface area (Å²) in [6.07, 6.45) is -3.43. The molecular formula is C12H23NaO8S. The summed E-state index contributed by atoms with van der Waals surface area (Å²) in [5.74, 6) is 0.112. The molecule has 1 aliphatic heterocycles. The average Bonchev–Trinajstić information content (AvgIpc) is 2.45. The molecule has 0 spiro atoms. The molecular weight excluding hydrogens is 327 g/mol. The molecule has 0 aromatic carbocycles. The second-order valence-electron chi connectivity index (χ2n) is 4.75. The van der Waals surface area contributed by atoms with E-state index in [0.29, 0.717) is 19.4 Å². The van der Waals surface area contributed by atoms with E-state index in [1.54, 1.807) is 0 Å². The molecule has 8 nitrogen and oxygen atoms in total. The molecule has 22 heavy (non-hydrogen) atoms. The number of aliphatic hydroxyl groups is 2. The molecule has 6 atom stereocenters. The first-order valence-electron chi connectivity index (χ1n) is 6.72. The fraction of sp³-hybridized carbons (Fsp3) is 1.00. The molecule has 1 fully saturated rings. The molecule has 6 unspecified atom stereocenters. The number of unbranched alkanes of at least 4 members (excludes halogenated alkanes) is 1. The van der Waals surface area contributed by atoms with Crippen molar-refractivity contribution in [1.29, 1.82) is 0 Å². The van der Waals surface area contributed by atoms with Gasteiger partial charge in [0.25, 0.3) is 0 Å². The second-order valence-corrected chi connectivity index (χ2v) is 5.77. The SMILES string of the molecule is COC1OC(COCCCCS(=O)[O-])C(OC)C(O)C1O.[Na+]. The Kier molecular flexibility index (Phi) is 12.7. The van der Waals surface area contributed by atoms with Gasteiger partial charge < -0.3 is 33.7 Å². The van der Waals surface area contributed by atoms with Gasteiger partial charge in [0.05, 0.1) is 6.61 Å². The van der Waals surface area contributed by atoms with Crippen molar-refractivity contribution < 1.29 is 67.5 Å². The predicted molar refractivity (Wildman–Crippen MR) is 72.3 cm³/mol. The Labute approximate surface area is 155 Å². The van der Waals surface area contributed by atoms with Gasteiger partial charge in [-0.05, 0) is 12.8 Å². The van der Waals surface area contributed by atoms with Crippen LogP contribution in [0.5, 0.6) is 0 Å². The fourth-order valence-electron chi connectivity index (χ4n) is 2.15. The first kappa shape index (κ1) is 22.9. The van der Waals surface area contributed by atoms with Gasteiger partial charge in [-0.1, -0.05) is 11.1 Å². The minimum absolute atomic E-state index is 0. The summed E-state index contributed by atoms with van der Waals surface area (Å²) in [5.41, 5.74) is 0. The maximum absolute atomic E-state index is 10.4. The summed E-state index contributed by atoms with van der Waals surface area (Å²) in [6, 6.07) is 0. The molecule has 126 valence electrons. The second kappa shape index (κ2) is 12.3. The normalized spacial score (nSPS) is 33.2. The number of methoxy groups -OCH3 is 2. The standard InChI is InChI=1S/C12H24O8S.Na/c1-17-11-8(7-19-5-3-4-6-21(15)16)20-12(18-2)10(14)9(11)13;/h8-14H,3-7H2,1-2H3,(H,15,16);/q;+1/p-1. The average molecular weight is 350 g/mol. The summed E-state index contributed by atoms with van der Waals surface area (Å²) in [4.78, 5) is 0. The summed E-state index contributed by atoms with van der Waals surface area (Å²) in [5, 5.41) is 19.7. The van der Waals surface area contributed by atoms with E-state index in [4.69, 9.17) is 18.9 Å². The zero-order valence-electron chi connectivity index (χ0n) is 13.2. The number of rotatable bonds is 9. The van der Waals surface area contributed by atoms with Crippen molar-refractivity contribution in [3.05, 3.63) is 0 Å². The van der Waals surface area contributed by atoms with E-state index in [2.05, 4.69) is 0 Å². The summed E-state index contributed by atoms with van der Waals surface area (Å²) in [6.45, 7) is 0.534. The van der Waals surface area contributed by atoms with Crippen molar-refractivity contribution in [1.82, 2.24) is 0 Å². The van der Waals surface area contributed by atoms with E-state index in [1.807, 2.05) is 0 Å². The van der Waals surface area contributed by atoms with Gasteiger partial charge in [0.1, 0.15) is 24.4 Å².